The molecule has 0 unspecified atom stereocenters. The van der Waals surface area contributed by atoms with Gasteiger partial charge >= 0.3 is 5.92 Å². The number of ether oxygens (including phenoxy) is 1. The fourth-order valence-electron chi connectivity index (χ4n) is 1.81. The average molecular weight is 278 g/mol. The molecule has 0 bridgehead atoms. The van der Waals surface area contributed by atoms with Gasteiger partial charge in [0, 0.05) is 17.8 Å². The molecule has 1 aromatic carbocycles. The maximum atomic E-state index is 14.0. The van der Waals surface area contributed by atoms with Gasteiger partial charge in [0.25, 0.3) is 0 Å². The Kier molecular flexibility index (Phi) is 4.29. The number of aromatic nitrogens is 1. The lowest BCUT2D eigenvalue weighted by molar-refractivity contribution is -0.0470. The summed E-state index contributed by atoms with van der Waals surface area (Å²) < 4.78 is 33.2. The van der Waals surface area contributed by atoms with Crippen molar-refractivity contribution in [1.29, 1.82) is 0 Å². The summed E-state index contributed by atoms with van der Waals surface area (Å²) in [5.41, 5.74) is 6.72. The van der Waals surface area contributed by atoms with Crippen molar-refractivity contribution in [3.8, 4) is 5.75 Å². The first kappa shape index (κ1) is 14.4. The van der Waals surface area contributed by atoms with Gasteiger partial charge in [0.1, 0.15) is 5.75 Å². The third-order valence-electron chi connectivity index (χ3n) is 2.87. The van der Waals surface area contributed by atoms with Crippen molar-refractivity contribution in [1.82, 2.24) is 4.98 Å². The normalized spacial score (nSPS) is 11.4. The molecule has 2 N–H and O–H groups in total. The van der Waals surface area contributed by atoms with Crippen LogP contribution in [0.1, 0.15) is 17.0 Å². The summed E-state index contributed by atoms with van der Waals surface area (Å²) in [6, 6.07) is 10.9. The van der Waals surface area contributed by atoms with E-state index in [1.807, 2.05) is 6.92 Å². The number of nitrogens with zero attached hydrogens (tertiary/aromatic N) is 1. The van der Waals surface area contributed by atoms with Crippen molar-refractivity contribution in [2.24, 2.45) is 5.73 Å². The third-order valence-corrected chi connectivity index (χ3v) is 2.87. The van der Waals surface area contributed by atoms with Crippen LogP contribution in [0.25, 0.3) is 0 Å². The van der Waals surface area contributed by atoms with Crippen LogP contribution in [0.15, 0.2) is 42.5 Å². The molecule has 0 fully saturated rings. The molecule has 5 heteroatoms. The second kappa shape index (κ2) is 5.96. The molecule has 0 saturated carbocycles. The van der Waals surface area contributed by atoms with Gasteiger partial charge in [-0.3, -0.25) is 4.98 Å². The molecule has 0 aliphatic heterocycles. The van der Waals surface area contributed by atoms with Crippen molar-refractivity contribution in [2.45, 2.75) is 19.4 Å². The molecular formula is C15H16F2N2O. The Morgan fingerprint density at radius 1 is 1.15 bits per heavy atom. The number of hydrogen-bond donors (Lipinski definition) is 1. The highest BCUT2D eigenvalue weighted by Gasteiger charge is 2.32. The lowest BCUT2D eigenvalue weighted by atomic mass is 10.1. The van der Waals surface area contributed by atoms with Crippen LogP contribution in [0.5, 0.6) is 5.75 Å². The van der Waals surface area contributed by atoms with Crippen LogP contribution in [0, 0.1) is 6.92 Å². The van der Waals surface area contributed by atoms with E-state index in [-0.39, 0.29) is 12.1 Å². The Labute approximate surface area is 116 Å². The number of rotatable bonds is 5. The Hall–Kier alpha value is -2.01. The van der Waals surface area contributed by atoms with Crippen LogP contribution < -0.4 is 10.5 Å². The molecule has 0 radical (unpaired) electrons. The van der Waals surface area contributed by atoms with E-state index < -0.39 is 12.5 Å². The monoisotopic (exact) mass is 278 g/mol. The molecule has 0 saturated heterocycles. The molecule has 2 aromatic rings. The minimum absolute atomic E-state index is 0.0747. The molecule has 0 aliphatic carbocycles. The number of aryl methyl sites for hydroxylation is 1. The summed E-state index contributed by atoms with van der Waals surface area (Å²) in [6.45, 7) is 1.21. The average Bonchev–Trinajstić information content (AvgIpc) is 2.46. The second-order valence-electron chi connectivity index (χ2n) is 4.46. The summed E-state index contributed by atoms with van der Waals surface area (Å²) in [7, 11) is 0. The van der Waals surface area contributed by atoms with Crippen LogP contribution in [0.2, 0.25) is 0 Å². The summed E-state index contributed by atoms with van der Waals surface area (Å²) in [5, 5.41) is 0. The van der Waals surface area contributed by atoms with Gasteiger partial charge in [-0.05, 0) is 19.1 Å². The van der Waals surface area contributed by atoms with E-state index in [1.165, 1.54) is 12.1 Å². The van der Waals surface area contributed by atoms with Gasteiger partial charge in [0.15, 0.2) is 6.61 Å². The van der Waals surface area contributed by atoms with Crippen molar-refractivity contribution in [3.63, 3.8) is 0 Å². The molecule has 20 heavy (non-hydrogen) atoms. The van der Waals surface area contributed by atoms with Crippen LogP contribution in [-0.2, 0) is 12.5 Å². The molecule has 0 spiro atoms. The Balaban J connectivity index is 2.12. The molecule has 1 heterocycles. The van der Waals surface area contributed by atoms with Gasteiger partial charge in [-0.15, -0.1) is 0 Å². The minimum Gasteiger partial charge on any atom is -0.485 e. The Morgan fingerprint density at radius 3 is 2.50 bits per heavy atom. The third kappa shape index (κ3) is 3.30. The van der Waals surface area contributed by atoms with E-state index in [0.717, 1.165) is 5.69 Å². The van der Waals surface area contributed by atoms with Gasteiger partial charge < -0.3 is 10.5 Å². The maximum Gasteiger partial charge on any atom is 0.306 e. The molecule has 0 amide bonds. The molecule has 3 nitrogen and oxygen atoms in total. The summed E-state index contributed by atoms with van der Waals surface area (Å²) in [5.74, 6) is -2.76. The molecule has 2 rings (SSSR count). The number of nitrogens with two attached hydrogens (primary N) is 1. The fourth-order valence-corrected chi connectivity index (χ4v) is 1.81. The molecule has 1 aromatic heterocycles. The van der Waals surface area contributed by atoms with E-state index in [2.05, 4.69) is 4.98 Å². The quantitative estimate of drug-likeness (QED) is 0.914. The van der Waals surface area contributed by atoms with Crippen LogP contribution in [-0.4, -0.2) is 11.6 Å². The highest BCUT2D eigenvalue weighted by atomic mass is 19.3. The summed E-state index contributed by atoms with van der Waals surface area (Å²) in [4.78, 5) is 4.17. The highest BCUT2D eigenvalue weighted by molar-refractivity contribution is 5.29. The van der Waals surface area contributed by atoms with E-state index in [1.54, 1.807) is 30.3 Å². The zero-order chi connectivity index (χ0) is 14.6. The first-order chi connectivity index (χ1) is 9.53. The fraction of sp³-hybridized carbons (Fsp3) is 0.267. The summed E-state index contributed by atoms with van der Waals surface area (Å²) >= 11 is 0. The standard InChI is InChI=1S/C15H16F2N2O/c1-11-7-8-14(13(9-18)19-11)20-10-15(16,17)12-5-3-2-4-6-12/h2-8H,9-10,18H2,1H3. The van der Waals surface area contributed by atoms with Crippen LogP contribution >= 0.6 is 0 Å². The van der Waals surface area contributed by atoms with Crippen molar-refractivity contribution < 1.29 is 13.5 Å². The van der Waals surface area contributed by atoms with Gasteiger partial charge in [0.05, 0.1) is 5.69 Å². The molecule has 0 aliphatic rings. The van der Waals surface area contributed by atoms with E-state index in [0.29, 0.717) is 11.4 Å². The molecular weight excluding hydrogens is 262 g/mol. The lowest BCUT2D eigenvalue weighted by Gasteiger charge is -2.18. The van der Waals surface area contributed by atoms with Gasteiger partial charge in [-0.2, -0.15) is 8.78 Å². The lowest BCUT2D eigenvalue weighted by Crippen LogP contribution is -2.23. The second-order valence-corrected chi connectivity index (χ2v) is 4.46. The van der Waals surface area contributed by atoms with Crippen LogP contribution in [0.4, 0.5) is 8.78 Å². The Bertz CT molecular complexity index is 573. The van der Waals surface area contributed by atoms with Crippen molar-refractivity contribution in [3.05, 3.63) is 59.4 Å². The molecule has 106 valence electrons. The predicted octanol–water partition coefficient (Wildman–Crippen LogP) is 3.02. The Morgan fingerprint density at radius 2 is 1.85 bits per heavy atom. The zero-order valence-electron chi connectivity index (χ0n) is 11.1. The number of benzene rings is 1. The van der Waals surface area contributed by atoms with Gasteiger partial charge in [-0.25, -0.2) is 0 Å². The number of hydrogen-bond acceptors (Lipinski definition) is 3. The first-order valence-corrected chi connectivity index (χ1v) is 6.25. The van der Waals surface area contributed by atoms with Crippen molar-refractivity contribution in [2.75, 3.05) is 6.61 Å². The SMILES string of the molecule is Cc1ccc(OCC(F)(F)c2ccccc2)c(CN)n1. The number of pyridine rings is 1. The van der Waals surface area contributed by atoms with E-state index >= 15 is 0 Å². The zero-order valence-corrected chi connectivity index (χ0v) is 11.1. The van der Waals surface area contributed by atoms with E-state index in [4.69, 9.17) is 10.5 Å². The van der Waals surface area contributed by atoms with Crippen molar-refractivity contribution >= 4 is 0 Å². The van der Waals surface area contributed by atoms with Gasteiger partial charge in [0.2, 0.25) is 0 Å². The highest BCUT2D eigenvalue weighted by Crippen LogP contribution is 2.29. The predicted molar refractivity (Wildman–Crippen MR) is 72.7 cm³/mol. The van der Waals surface area contributed by atoms with Gasteiger partial charge in [-0.1, -0.05) is 30.3 Å². The number of alkyl halides is 2. The topological polar surface area (TPSA) is 48.1 Å². The molecule has 0 atom stereocenters. The van der Waals surface area contributed by atoms with Crippen LogP contribution in [0.3, 0.4) is 0 Å². The summed E-state index contributed by atoms with van der Waals surface area (Å²) in [6.07, 6.45) is 0. The number of halogens is 2. The first-order valence-electron chi connectivity index (χ1n) is 6.25. The largest absolute Gasteiger partial charge is 0.485 e. The maximum absolute atomic E-state index is 14.0. The minimum atomic E-state index is -3.06. The van der Waals surface area contributed by atoms with E-state index in [9.17, 15) is 8.78 Å². The smallest absolute Gasteiger partial charge is 0.306 e.